The summed E-state index contributed by atoms with van der Waals surface area (Å²) in [5, 5.41) is 5.78. The molecule has 0 radical (unpaired) electrons. The van der Waals surface area contributed by atoms with Crippen molar-refractivity contribution in [3.63, 3.8) is 0 Å². The van der Waals surface area contributed by atoms with Crippen LogP contribution in [0, 0.1) is 0 Å². The summed E-state index contributed by atoms with van der Waals surface area (Å²) >= 11 is 0. The van der Waals surface area contributed by atoms with E-state index < -0.39 is 0 Å². The fourth-order valence-corrected chi connectivity index (χ4v) is 2.48. The number of aromatic nitrogens is 2. The van der Waals surface area contributed by atoms with E-state index in [9.17, 15) is 0 Å². The molecule has 0 saturated carbocycles. The number of imidazole rings is 1. The normalized spacial score (nSPS) is 22.2. The predicted molar refractivity (Wildman–Crippen MR) is 63.1 cm³/mol. The van der Waals surface area contributed by atoms with Gasteiger partial charge in [0.2, 0.25) is 0 Å². The number of nitrogens with one attached hydrogen (secondary N) is 1. The molecular weight excluding hydrogens is 202 g/mol. The molecule has 0 atom stereocenters. The average molecular weight is 221 g/mol. The second-order valence-corrected chi connectivity index (χ2v) is 4.67. The van der Waals surface area contributed by atoms with Crippen molar-refractivity contribution >= 4 is 0 Å². The summed E-state index contributed by atoms with van der Waals surface area (Å²) in [5.41, 5.74) is 2.63. The van der Waals surface area contributed by atoms with Gasteiger partial charge in [-0.3, -0.25) is 0 Å². The molecule has 0 unspecified atom stereocenters. The van der Waals surface area contributed by atoms with Crippen molar-refractivity contribution < 1.29 is 0 Å². The number of fused-ring (bicyclic) bond motifs is 1. The van der Waals surface area contributed by atoms with Gasteiger partial charge in [-0.25, -0.2) is 9.66 Å². The highest BCUT2D eigenvalue weighted by molar-refractivity contribution is 5.18. The smallest absolute Gasteiger partial charge is 0.115 e. The summed E-state index contributed by atoms with van der Waals surface area (Å²) in [6, 6.07) is 0. The van der Waals surface area contributed by atoms with Crippen LogP contribution in [0.5, 0.6) is 0 Å². The molecule has 1 aromatic rings. The van der Waals surface area contributed by atoms with Crippen molar-refractivity contribution in [2.45, 2.75) is 13.0 Å². The van der Waals surface area contributed by atoms with Gasteiger partial charge in [0.25, 0.3) is 0 Å². The zero-order valence-corrected chi connectivity index (χ0v) is 9.82. The Balaban J connectivity index is 1.81. The molecule has 0 bridgehead atoms. The fraction of sp³-hybridized carbons (Fsp3) is 0.727. The Kier molecular flexibility index (Phi) is 2.57. The van der Waals surface area contributed by atoms with Crippen LogP contribution in [0.15, 0.2) is 6.33 Å². The third kappa shape index (κ3) is 1.70. The first kappa shape index (κ1) is 10.1. The highest BCUT2D eigenvalue weighted by atomic mass is 15.6. The van der Waals surface area contributed by atoms with E-state index >= 15 is 0 Å². The number of hydrogen-bond donors (Lipinski definition) is 1. The monoisotopic (exact) mass is 221 g/mol. The van der Waals surface area contributed by atoms with Gasteiger partial charge in [0, 0.05) is 45.7 Å². The second kappa shape index (κ2) is 4.07. The average Bonchev–Trinajstić information content (AvgIpc) is 2.74. The first-order valence-electron chi connectivity index (χ1n) is 6.04. The first-order chi connectivity index (χ1) is 7.84. The molecule has 5 nitrogen and oxygen atoms in total. The van der Waals surface area contributed by atoms with Gasteiger partial charge in [-0.1, -0.05) is 0 Å². The van der Waals surface area contributed by atoms with E-state index in [0.29, 0.717) is 0 Å². The fourth-order valence-electron chi connectivity index (χ4n) is 2.48. The third-order valence-corrected chi connectivity index (χ3v) is 3.55. The van der Waals surface area contributed by atoms with E-state index in [1.165, 1.54) is 11.4 Å². The summed E-state index contributed by atoms with van der Waals surface area (Å²) in [5.74, 6) is 0. The lowest BCUT2D eigenvalue weighted by Crippen LogP contribution is -2.50. The van der Waals surface area contributed by atoms with Gasteiger partial charge >= 0.3 is 0 Å². The maximum absolute atomic E-state index is 4.50. The third-order valence-electron chi connectivity index (χ3n) is 3.55. The van der Waals surface area contributed by atoms with Gasteiger partial charge in [-0.15, -0.1) is 0 Å². The molecular formula is C11H19N5. The second-order valence-electron chi connectivity index (χ2n) is 4.67. The Morgan fingerprint density at radius 1 is 1.25 bits per heavy atom. The van der Waals surface area contributed by atoms with Crippen LogP contribution < -0.4 is 10.3 Å². The van der Waals surface area contributed by atoms with Gasteiger partial charge < -0.3 is 15.2 Å². The van der Waals surface area contributed by atoms with Crippen molar-refractivity contribution in [3.8, 4) is 0 Å². The van der Waals surface area contributed by atoms with E-state index in [0.717, 1.165) is 45.7 Å². The minimum atomic E-state index is 0.927. The number of nitrogens with zero attached hydrogens (tertiary/aromatic N) is 4. The zero-order chi connectivity index (χ0) is 11.0. The molecule has 0 amide bonds. The quantitative estimate of drug-likeness (QED) is 0.688. The van der Waals surface area contributed by atoms with Crippen molar-refractivity contribution in [1.82, 2.24) is 19.9 Å². The lowest BCUT2D eigenvalue weighted by molar-refractivity contribution is 0.285. The lowest BCUT2D eigenvalue weighted by Gasteiger charge is -2.35. The topological polar surface area (TPSA) is 36.3 Å². The molecule has 1 saturated heterocycles. The Hall–Kier alpha value is -1.07. The Morgan fingerprint density at radius 2 is 2.06 bits per heavy atom. The molecule has 88 valence electrons. The van der Waals surface area contributed by atoms with Crippen molar-refractivity contribution in [2.75, 3.05) is 44.8 Å². The first-order valence-corrected chi connectivity index (χ1v) is 6.04. The van der Waals surface area contributed by atoms with E-state index in [1.807, 2.05) is 6.33 Å². The van der Waals surface area contributed by atoms with Gasteiger partial charge in [0.1, 0.15) is 6.33 Å². The summed E-state index contributed by atoms with van der Waals surface area (Å²) in [6.45, 7) is 6.50. The molecule has 5 heteroatoms. The Bertz CT molecular complexity index is 364. The van der Waals surface area contributed by atoms with Gasteiger partial charge in [-0.2, -0.15) is 0 Å². The van der Waals surface area contributed by atoms with Crippen LogP contribution in [0.1, 0.15) is 11.4 Å². The van der Waals surface area contributed by atoms with Crippen molar-refractivity contribution in [3.05, 3.63) is 17.7 Å². The van der Waals surface area contributed by atoms with Crippen LogP contribution in [0.2, 0.25) is 0 Å². The lowest BCUT2D eigenvalue weighted by atomic mass is 10.2. The van der Waals surface area contributed by atoms with Crippen LogP contribution in [-0.4, -0.2) is 54.3 Å². The minimum Gasteiger partial charge on any atom is -0.311 e. The molecule has 1 N–H and O–H groups in total. The Labute approximate surface area is 96.0 Å². The molecule has 3 heterocycles. The minimum absolute atomic E-state index is 0.927. The van der Waals surface area contributed by atoms with Gasteiger partial charge in [0.05, 0.1) is 11.4 Å². The molecule has 0 aromatic carbocycles. The van der Waals surface area contributed by atoms with E-state index in [2.05, 4.69) is 31.9 Å². The summed E-state index contributed by atoms with van der Waals surface area (Å²) in [7, 11) is 2.19. The van der Waals surface area contributed by atoms with Gasteiger partial charge in [-0.05, 0) is 7.05 Å². The van der Waals surface area contributed by atoms with E-state index in [-0.39, 0.29) is 0 Å². The van der Waals surface area contributed by atoms with Crippen LogP contribution in [0.25, 0.3) is 0 Å². The molecule has 16 heavy (non-hydrogen) atoms. The van der Waals surface area contributed by atoms with Crippen molar-refractivity contribution in [2.24, 2.45) is 0 Å². The molecule has 2 aliphatic rings. The number of piperazine rings is 1. The maximum atomic E-state index is 4.50. The molecule has 1 aromatic heterocycles. The molecule has 3 rings (SSSR count). The zero-order valence-electron chi connectivity index (χ0n) is 9.82. The highest BCUT2D eigenvalue weighted by Crippen LogP contribution is 2.13. The Morgan fingerprint density at radius 3 is 2.88 bits per heavy atom. The molecule has 1 fully saturated rings. The van der Waals surface area contributed by atoms with Crippen LogP contribution in [0.4, 0.5) is 0 Å². The van der Waals surface area contributed by atoms with E-state index in [1.54, 1.807) is 0 Å². The maximum Gasteiger partial charge on any atom is 0.115 e. The van der Waals surface area contributed by atoms with Crippen LogP contribution >= 0.6 is 0 Å². The number of hydrogen-bond acceptors (Lipinski definition) is 4. The largest absolute Gasteiger partial charge is 0.311 e. The summed E-state index contributed by atoms with van der Waals surface area (Å²) in [6.07, 6.45) is 3.09. The van der Waals surface area contributed by atoms with Crippen molar-refractivity contribution in [1.29, 1.82) is 0 Å². The molecule has 0 aliphatic carbocycles. The number of rotatable bonds is 1. The van der Waals surface area contributed by atoms with Gasteiger partial charge in [0.15, 0.2) is 0 Å². The SMILES string of the molecule is CN1CCN(n2cnc3c2CCNC3)CC1. The molecule has 2 aliphatic heterocycles. The highest BCUT2D eigenvalue weighted by Gasteiger charge is 2.20. The standard InChI is InChI=1S/C11H19N5/c1-14-4-6-15(7-5-14)16-9-13-10-8-12-3-2-11(10)16/h9,12H,2-8H2,1H3. The van der Waals surface area contributed by atoms with Crippen LogP contribution in [-0.2, 0) is 13.0 Å². The van der Waals surface area contributed by atoms with E-state index in [4.69, 9.17) is 0 Å². The van der Waals surface area contributed by atoms with Crippen LogP contribution in [0.3, 0.4) is 0 Å². The molecule has 0 spiro atoms. The summed E-state index contributed by atoms with van der Waals surface area (Å²) < 4.78 is 2.28. The number of likely N-dealkylation sites (N-methyl/N-ethyl adjacent to an activating group) is 1. The summed E-state index contributed by atoms with van der Waals surface area (Å²) in [4.78, 5) is 6.87. The predicted octanol–water partition coefficient (Wildman–Crippen LogP) is -0.588.